The maximum Gasteiger partial charge on any atom is 0.269 e. The molecule has 2 aromatic rings. The zero-order valence-corrected chi connectivity index (χ0v) is 13.3. The van der Waals surface area contributed by atoms with Crippen LogP contribution in [0.5, 0.6) is 0 Å². The third-order valence-corrected chi connectivity index (χ3v) is 3.94. The molecule has 5 nitrogen and oxygen atoms in total. The summed E-state index contributed by atoms with van der Waals surface area (Å²) in [5, 5.41) is 3.90. The Bertz CT molecular complexity index is 774. The van der Waals surface area contributed by atoms with Gasteiger partial charge in [0.2, 0.25) is 0 Å². The molecular weight excluding hydrogens is 290 g/mol. The van der Waals surface area contributed by atoms with E-state index >= 15 is 0 Å². The SMILES string of the molecule is CCCNC(=O)c1cc2ccccc2n1NC1=CC(=O)CCC1. The number of ketones is 1. The predicted molar refractivity (Wildman–Crippen MR) is 90.9 cm³/mol. The summed E-state index contributed by atoms with van der Waals surface area (Å²) in [6.07, 6.45) is 4.79. The minimum atomic E-state index is -0.113. The summed E-state index contributed by atoms with van der Waals surface area (Å²) in [5.41, 5.74) is 5.59. The summed E-state index contributed by atoms with van der Waals surface area (Å²) in [7, 11) is 0. The number of benzene rings is 1. The molecule has 1 aliphatic rings. The number of hydrogen-bond donors (Lipinski definition) is 2. The molecule has 0 radical (unpaired) electrons. The topological polar surface area (TPSA) is 63.1 Å². The van der Waals surface area contributed by atoms with Gasteiger partial charge in [-0.1, -0.05) is 25.1 Å². The number of nitrogens with one attached hydrogen (secondary N) is 2. The van der Waals surface area contributed by atoms with Gasteiger partial charge in [-0.05, 0) is 31.4 Å². The number of carbonyl (C=O) groups is 2. The number of rotatable bonds is 5. The summed E-state index contributed by atoms with van der Waals surface area (Å²) in [6.45, 7) is 2.66. The van der Waals surface area contributed by atoms with Crippen molar-refractivity contribution in [2.24, 2.45) is 0 Å². The molecule has 0 spiro atoms. The van der Waals surface area contributed by atoms with Gasteiger partial charge in [0, 0.05) is 30.1 Å². The van der Waals surface area contributed by atoms with Crippen LogP contribution in [-0.2, 0) is 4.79 Å². The quantitative estimate of drug-likeness (QED) is 0.892. The molecule has 0 fully saturated rings. The first kappa shape index (κ1) is 15.3. The molecule has 120 valence electrons. The Labute approximate surface area is 135 Å². The molecule has 5 heteroatoms. The molecule has 0 unspecified atom stereocenters. The van der Waals surface area contributed by atoms with E-state index in [1.54, 1.807) is 10.8 Å². The van der Waals surface area contributed by atoms with Crippen molar-refractivity contribution >= 4 is 22.6 Å². The third kappa shape index (κ3) is 3.28. The van der Waals surface area contributed by atoms with E-state index in [1.807, 2.05) is 37.3 Å². The molecular formula is C18H21N3O2. The summed E-state index contributed by atoms with van der Waals surface area (Å²) in [6, 6.07) is 9.70. The van der Waals surface area contributed by atoms with Crippen molar-refractivity contribution in [3.8, 4) is 0 Å². The first-order chi connectivity index (χ1) is 11.2. The Balaban J connectivity index is 1.99. The average Bonchev–Trinajstić information content (AvgIpc) is 2.91. The van der Waals surface area contributed by atoms with Crippen LogP contribution < -0.4 is 10.7 Å². The van der Waals surface area contributed by atoms with Crippen LogP contribution in [0.3, 0.4) is 0 Å². The van der Waals surface area contributed by atoms with Crippen molar-refractivity contribution in [3.05, 3.63) is 47.8 Å². The number of allylic oxidation sites excluding steroid dienone is 2. The van der Waals surface area contributed by atoms with Gasteiger partial charge in [0.25, 0.3) is 5.91 Å². The maximum atomic E-state index is 12.4. The van der Waals surface area contributed by atoms with E-state index in [9.17, 15) is 9.59 Å². The van der Waals surface area contributed by atoms with Crippen molar-refractivity contribution in [3.63, 3.8) is 0 Å². The van der Waals surface area contributed by atoms with Crippen LogP contribution in [0.1, 0.15) is 43.1 Å². The van der Waals surface area contributed by atoms with Crippen LogP contribution in [0.4, 0.5) is 0 Å². The molecule has 1 heterocycles. The molecule has 0 aliphatic heterocycles. The Morgan fingerprint density at radius 1 is 1.26 bits per heavy atom. The molecule has 1 aromatic heterocycles. The Morgan fingerprint density at radius 2 is 2.09 bits per heavy atom. The Morgan fingerprint density at radius 3 is 2.87 bits per heavy atom. The number of fused-ring (bicyclic) bond motifs is 1. The minimum Gasteiger partial charge on any atom is -0.351 e. The van der Waals surface area contributed by atoms with Gasteiger partial charge < -0.3 is 5.32 Å². The van der Waals surface area contributed by atoms with Crippen molar-refractivity contribution < 1.29 is 9.59 Å². The summed E-state index contributed by atoms with van der Waals surface area (Å²) in [4.78, 5) is 24.1. The molecule has 0 saturated carbocycles. The Kier molecular flexibility index (Phi) is 4.46. The van der Waals surface area contributed by atoms with E-state index < -0.39 is 0 Å². The van der Waals surface area contributed by atoms with Gasteiger partial charge in [-0.15, -0.1) is 0 Å². The molecule has 0 saturated heterocycles. The molecule has 0 bridgehead atoms. The minimum absolute atomic E-state index is 0.113. The van der Waals surface area contributed by atoms with E-state index in [1.165, 1.54) is 0 Å². The van der Waals surface area contributed by atoms with Gasteiger partial charge in [-0.3, -0.25) is 19.7 Å². The van der Waals surface area contributed by atoms with E-state index in [-0.39, 0.29) is 11.7 Å². The lowest BCUT2D eigenvalue weighted by Crippen LogP contribution is -2.29. The fraction of sp³-hybridized carbons (Fsp3) is 0.333. The average molecular weight is 311 g/mol. The highest BCUT2D eigenvalue weighted by molar-refractivity contribution is 5.99. The number of para-hydroxylation sites is 1. The van der Waals surface area contributed by atoms with Crippen LogP contribution in [-0.4, -0.2) is 22.9 Å². The molecule has 0 atom stereocenters. The summed E-state index contributed by atoms with van der Waals surface area (Å²) >= 11 is 0. The van der Waals surface area contributed by atoms with Crippen molar-refractivity contribution in [2.45, 2.75) is 32.6 Å². The predicted octanol–water partition coefficient (Wildman–Crippen LogP) is 2.96. The lowest BCUT2D eigenvalue weighted by Gasteiger charge is -2.18. The van der Waals surface area contributed by atoms with Crippen LogP contribution in [0.15, 0.2) is 42.1 Å². The monoisotopic (exact) mass is 311 g/mol. The van der Waals surface area contributed by atoms with Crippen LogP contribution in [0, 0.1) is 0 Å². The molecule has 2 N–H and O–H groups in total. The van der Waals surface area contributed by atoms with Crippen molar-refractivity contribution in [2.75, 3.05) is 12.0 Å². The third-order valence-electron chi connectivity index (χ3n) is 3.94. The second-order valence-electron chi connectivity index (χ2n) is 5.78. The fourth-order valence-corrected chi connectivity index (χ4v) is 2.79. The van der Waals surface area contributed by atoms with E-state index in [0.29, 0.717) is 18.7 Å². The molecule has 23 heavy (non-hydrogen) atoms. The fourth-order valence-electron chi connectivity index (χ4n) is 2.79. The highest BCUT2D eigenvalue weighted by Gasteiger charge is 2.17. The van der Waals surface area contributed by atoms with Gasteiger partial charge >= 0.3 is 0 Å². The van der Waals surface area contributed by atoms with Gasteiger partial charge in [0.1, 0.15) is 5.69 Å². The van der Waals surface area contributed by atoms with Gasteiger partial charge in [0.05, 0.1) is 5.52 Å². The molecule has 1 aromatic carbocycles. The van der Waals surface area contributed by atoms with Gasteiger partial charge in [0.15, 0.2) is 5.78 Å². The van der Waals surface area contributed by atoms with E-state index in [2.05, 4.69) is 10.7 Å². The number of hydrogen-bond acceptors (Lipinski definition) is 3. The highest BCUT2D eigenvalue weighted by atomic mass is 16.2. The van der Waals surface area contributed by atoms with Crippen molar-refractivity contribution in [1.29, 1.82) is 0 Å². The smallest absolute Gasteiger partial charge is 0.269 e. The number of carbonyl (C=O) groups excluding carboxylic acids is 2. The first-order valence-electron chi connectivity index (χ1n) is 8.08. The standard InChI is InChI=1S/C18H21N3O2/c1-2-10-19-18(23)17-11-13-6-3-4-9-16(13)21(17)20-14-7-5-8-15(22)12-14/h3-4,6,9,11-12,20H,2,5,7-8,10H2,1H3,(H,19,23). The largest absolute Gasteiger partial charge is 0.351 e. The second-order valence-corrected chi connectivity index (χ2v) is 5.78. The second kappa shape index (κ2) is 6.69. The van der Waals surface area contributed by atoms with Crippen LogP contribution >= 0.6 is 0 Å². The maximum absolute atomic E-state index is 12.4. The first-order valence-corrected chi connectivity index (χ1v) is 8.08. The highest BCUT2D eigenvalue weighted by Crippen LogP contribution is 2.21. The van der Waals surface area contributed by atoms with Gasteiger partial charge in [-0.2, -0.15) is 0 Å². The van der Waals surface area contributed by atoms with Crippen molar-refractivity contribution in [1.82, 2.24) is 9.99 Å². The number of amides is 1. The lowest BCUT2D eigenvalue weighted by molar-refractivity contribution is -0.115. The number of aromatic nitrogens is 1. The zero-order chi connectivity index (χ0) is 16.2. The summed E-state index contributed by atoms with van der Waals surface area (Å²) in [5.74, 6) is 0.0190. The lowest BCUT2D eigenvalue weighted by atomic mass is 10.0. The van der Waals surface area contributed by atoms with Crippen LogP contribution in [0.25, 0.3) is 10.9 Å². The van der Waals surface area contributed by atoms with E-state index in [4.69, 9.17) is 0 Å². The number of nitrogens with zero attached hydrogens (tertiary/aromatic N) is 1. The summed E-state index contributed by atoms with van der Waals surface area (Å²) < 4.78 is 1.78. The van der Waals surface area contributed by atoms with E-state index in [0.717, 1.165) is 35.9 Å². The van der Waals surface area contributed by atoms with Crippen LogP contribution in [0.2, 0.25) is 0 Å². The zero-order valence-electron chi connectivity index (χ0n) is 13.3. The van der Waals surface area contributed by atoms with Gasteiger partial charge in [-0.25, -0.2) is 0 Å². The molecule has 1 amide bonds. The molecule has 1 aliphatic carbocycles. The molecule has 3 rings (SSSR count). The Hall–Kier alpha value is -2.56. The normalized spacial score (nSPS) is 14.7.